The number of amides is 1. The van der Waals surface area contributed by atoms with E-state index in [9.17, 15) is 14.7 Å². The largest absolute Gasteiger partial charge is 0.506 e. The van der Waals surface area contributed by atoms with Crippen molar-refractivity contribution >= 4 is 29.0 Å². The fourth-order valence-corrected chi connectivity index (χ4v) is 1.37. The van der Waals surface area contributed by atoms with Crippen LogP contribution in [-0.2, 0) is 4.79 Å². The van der Waals surface area contributed by atoms with Crippen molar-refractivity contribution in [3.05, 3.63) is 23.8 Å². The number of aromatic hydroxyl groups is 1. The van der Waals surface area contributed by atoms with Crippen molar-refractivity contribution in [2.45, 2.75) is 13.8 Å². The fourth-order valence-electron chi connectivity index (χ4n) is 1.31. The highest BCUT2D eigenvalue weighted by molar-refractivity contribution is 6.29. The molecule has 1 aromatic carbocycles. The molecule has 0 spiro atoms. The van der Waals surface area contributed by atoms with Crippen LogP contribution in [0, 0.1) is 5.92 Å². The standard InChI is InChI=1S/C12H14ClNO3/c1-7(2)12(17)8-3-4-10(15)9(5-8)14-11(16)6-13/h3-5,7,15H,6H2,1-2H3,(H,14,16). The lowest BCUT2D eigenvalue weighted by Crippen LogP contribution is -2.14. The summed E-state index contributed by atoms with van der Waals surface area (Å²) in [6, 6.07) is 4.34. The second-order valence-electron chi connectivity index (χ2n) is 3.93. The van der Waals surface area contributed by atoms with E-state index in [-0.39, 0.29) is 29.0 Å². The molecular formula is C12H14ClNO3. The highest BCUT2D eigenvalue weighted by atomic mass is 35.5. The number of phenols is 1. The van der Waals surface area contributed by atoms with Gasteiger partial charge in [-0.2, -0.15) is 0 Å². The second kappa shape index (κ2) is 5.68. The van der Waals surface area contributed by atoms with Crippen molar-refractivity contribution in [3.8, 4) is 5.75 Å². The molecule has 0 aliphatic heterocycles. The Balaban J connectivity index is 3.02. The minimum absolute atomic E-state index is 0.0497. The van der Waals surface area contributed by atoms with Gasteiger partial charge >= 0.3 is 0 Å². The van der Waals surface area contributed by atoms with Gasteiger partial charge in [0.2, 0.25) is 5.91 Å². The van der Waals surface area contributed by atoms with Crippen LogP contribution in [0.15, 0.2) is 18.2 Å². The lowest BCUT2D eigenvalue weighted by atomic mass is 10.0. The summed E-state index contributed by atoms with van der Waals surface area (Å²) in [6.07, 6.45) is 0. The Morgan fingerprint density at radius 3 is 2.59 bits per heavy atom. The van der Waals surface area contributed by atoms with Gasteiger partial charge in [-0.05, 0) is 18.2 Å². The molecule has 17 heavy (non-hydrogen) atoms. The molecule has 0 radical (unpaired) electrons. The number of hydrogen-bond acceptors (Lipinski definition) is 3. The van der Waals surface area contributed by atoms with Crippen LogP contribution in [0.25, 0.3) is 0 Å². The molecule has 0 saturated carbocycles. The minimum atomic E-state index is -0.434. The molecule has 0 aliphatic carbocycles. The third-order valence-corrected chi connectivity index (χ3v) is 2.44. The van der Waals surface area contributed by atoms with Crippen molar-refractivity contribution in [2.75, 3.05) is 11.2 Å². The molecule has 1 aromatic rings. The minimum Gasteiger partial charge on any atom is -0.506 e. The van der Waals surface area contributed by atoms with Gasteiger partial charge in [0.25, 0.3) is 0 Å². The number of nitrogens with one attached hydrogen (secondary N) is 1. The van der Waals surface area contributed by atoms with E-state index < -0.39 is 5.91 Å². The average molecular weight is 256 g/mol. The average Bonchev–Trinajstić information content (AvgIpc) is 2.30. The first-order valence-corrected chi connectivity index (χ1v) is 5.72. The zero-order chi connectivity index (χ0) is 13.0. The number of anilines is 1. The van der Waals surface area contributed by atoms with Crippen LogP contribution in [0.2, 0.25) is 0 Å². The molecule has 0 aromatic heterocycles. The van der Waals surface area contributed by atoms with Crippen LogP contribution in [-0.4, -0.2) is 22.7 Å². The number of benzene rings is 1. The number of hydrogen-bond donors (Lipinski definition) is 2. The van der Waals surface area contributed by atoms with Crippen LogP contribution in [0.3, 0.4) is 0 Å². The first-order valence-electron chi connectivity index (χ1n) is 5.18. The van der Waals surface area contributed by atoms with Gasteiger partial charge in [0, 0.05) is 11.5 Å². The third-order valence-electron chi connectivity index (χ3n) is 2.20. The SMILES string of the molecule is CC(C)C(=O)c1ccc(O)c(NC(=O)CCl)c1. The molecule has 1 amide bonds. The summed E-state index contributed by atoms with van der Waals surface area (Å²) in [6.45, 7) is 3.57. The number of Topliss-reactive ketones (excluding diaryl/α,β-unsaturated/α-hetero) is 1. The molecule has 5 heteroatoms. The molecule has 0 atom stereocenters. The number of alkyl halides is 1. The highest BCUT2D eigenvalue weighted by Crippen LogP contribution is 2.25. The molecule has 0 bridgehead atoms. The predicted octanol–water partition coefficient (Wildman–Crippen LogP) is 2.41. The first kappa shape index (κ1) is 13.5. The van der Waals surface area contributed by atoms with Gasteiger partial charge in [-0.3, -0.25) is 9.59 Å². The van der Waals surface area contributed by atoms with E-state index in [4.69, 9.17) is 11.6 Å². The zero-order valence-corrected chi connectivity index (χ0v) is 10.4. The second-order valence-corrected chi connectivity index (χ2v) is 4.20. The molecular weight excluding hydrogens is 242 g/mol. The molecule has 2 N–H and O–H groups in total. The van der Waals surface area contributed by atoms with E-state index in [1.807, 2.05) is 0 Å². The van der Waals surface area contributed by atoms with Crippen molar-refractivity contribution < 1.29 is 14.7 Å². The molecule has 0 aliphatic rings. The first-order chi connectivity index (χ1) is 7.95. The maximum absolute atomic E-state index is 11.7. The van der Waals surface area contributed by atoms with Gasteiger partial charge in [-0.15, -0.1) is 11.6 Å². The molecule has 92 valence electrons. The Morgan fingerprint density at radius 1 is 1.41 bits per heavy atom. The van der Waals surface area contributed by atoms with Gasteiger partial charge in [0.1, 0.15) is 11.6 Å². The van der Waals surface area contributed by atoms with E-state index in [1.54, 1.807) is 13.8 Å². The van der Waals surface area contributed by atoms with Crippen LogP contribution < -0.4 is 5.32 Å². The van der Waals surface area contributed by atoms with E-state index in [0.29, 0.717) is 5.56 Å². The number of phenolic OH excluding ortho intramolecular Hbond substituents is 1. The third kappa shape index (κ3) is 3.46. The van der Waals surface area contributed by atoms with Crippen molar-refractivity contribution in [3.63, 3.8) is 0 Å². The van der Waals surface area contributed by atoms with Crippen LogP contribution in [0.5, 0.6) is 5.75 Å². The normalized spacial score (nSPS) is 10.4. The number of carbonyl (C=O) groups excluding carboxylic acids is 2. The summed E-state index contributed by atoms with van der Waals surface area (Å²) in [5.74, 6) is -0.927. The summed E-state index contributed by atoms with van der Waals surface area (Å²) < 4.78 is 0. The molecule has 0 heterocycles. The predicted molar refractivity (Wildman–Crippen MR) is 66.6 cm³/mol. The quantitative estimate of drug-likeness (QED) is 0.493. The Bertz CT molecular complexity index is 443. The number of carbonyl (C=O) groups is 2. The fraction of sp³-hybridized carbons (Fsp3) is 0.333. The van der Waals surface area contributed by atoms with Crippen molar-refractivity contribution in [1.82, 2.24) is 0 Å². The Morgan fingerprint density at radius 2 is 2.06 bits per heavy atom. The van der Waals surface area contributed by atoms with E-state index in [0.717, 1.165) is 0 Å². The van der Waals surface area contributed by atoms with Gasteiger partial charge in [-0.25, -0.2) is 0 Å². The molecule has 0 saturated heterocycles. The summed E-state index contributed by atoms with van der Waals surface area (Å²) in [5, 5.41) is 12.0. The van der Waals surface area contributed by atoms with Crippen molar-refractivity contribution in [2.24, 2.45) is 5.92 Å². The molecule has 4 nitrogen and oxygen atoms in total. The summed E-state index contributed by atoms with van der Waals surface area (Å²) in [4.78, 5) is 22.9. The smallest absolute Gasteiger partial charge is 0.239 e. The number of rotatable bonds is 4. The van der Waals surface area contributed by atoms with Crippen LogP contribution in [0.1, 0.15) is 24.2 Å². The maximum Gasteiger partial charge on any atom is 0.239 e. The topological polar surface area (TPSA) is 66.4 Å². The van der Waals surface area contributed by atoms with Crippen LogP contribution >= 0.6 is 11.6 Å². The summed E-state index contributed by atoms with van der Waals surface area (Å²) in [5.41, 5.74) is 0.643. The summed E-state index contributed by atoms with van der Waals surface area (Å²) >= 11 is 5.35. The number of halogens is 1. The maximum atomic E-state index is 11.7. The Hall–Kier alpha value is -1.55. The van der Waals surface area contributed by atoms with Crippen molar-refractivity contribution in [1.29, 1.82) is 0 Å². The summed E-state index contributed by atoms with van der Waals surface area (Å²) in [7, 11) is 0. The monoisotopic (exact) mass is 255 g/mol. The van der Waals surface area contributed by atoms with Crippen LogP contribution in [0.4, 0.5) is 5.69 Å². The highest BCUT2D eigenvalue weighted by Gasteiger charge is 2.13. The van der Waals surface area contributed by atoms with Gasteiger partial charge in [0.05, 0.1) is 5.69 Å². The molecule has 0 unspecified atom stereocenters. The molecule has 1 rings (SSSR count). The zero-order valence-electron chi connectivity index (χ0n) is 9.66. The lowest BCUT2D eigenvalue weighted by Gasteiger charge is -2.09. The Kier molecular flexibility index (Phi) is 4.52. The van der Waals surface area contributed by atoms with E-state index >= 15 is 0 Å². The Labute approximate surface area is 105 Å². The van der Waals surface area contributed by atoms with E-state index in [2.05, 4.69) is 5.32 Å². The number of ketones is 1. The molecule has 0 fully saturated rings. The van der Waals surface area contributed by atoms with E-state index in [1.165, 1.54) is 18.2 Å². The van der Waals surface area contributed by atoms with Gasteiger partial charge in [-0.1, -0.05) is 13.8 Å². The lowest BCUT2D eigenvalue weighted by molar-refractivity contribution is -0.113. The van der Waals surface area contributed by atoms with Gasteiger partial charge in [0.15, 0.2) is 5.78 Å². The van der Waals surface area contributed by atoms with Gasteiger partial charge < -0.3 is 10.4 Å².